The van der Waals surface area contributed by atoms with Gasteiger partial charge in [0.15, 0.2) is 0 Å². The fraction of sp³-hybridized carbons (Fsp3) is 0.500. The third-order valence-corrected chi connectivity index (χ3v) is 3.27. The third kappa shape index (κ3) is 4.79. The monoisotopic (exact) mass is 280 g/mol. The van der Waals surface area contributed by atoms with Gasteiger partial charge in [0, 0.05) is 32.7 Å². The number of urea groups is 1. The van der Waals surface area contributed by atoms with Crippen LogP contribution >= 0.6 is 0 Å². The molecule has 1 aromatic carbocycles. The normalized spacial score (nSPS) is 15.8. The molecular formula is C14H21FN4O. The van der Waals surface area contributed by atoms with Crippen LogP contribution in [0.15, 0.2) is 24.3 Å². The van der Waals surface area contributed by atoms with Crippen molar-refractivity contribution >= 4 is 11.7 Å². The lowest BCUT2D eigenvalue weighted by Crippen LogP contribution is -2.44. The van der Waals surface area contributed by atoms with Crippen LogP contribution < -0.4 is 16.0 Å². The van der Waals surface area contributed by atoms with Crippen LogP contribution in [-0.2, 0) is 0 Å². The van der Waals surface area contributed by atoms with Crippen LogP contribution in [0.25, 0.3) is 0 Å². The summed E-state index contributed by atoms with van der Waals surface area (Å²) in [6, 6.07) is 5.76. The number of piperazine rings is 1. The second-order valence-corrected chi connectivity index (χ2v) is 4.81. The van der Waals surface area contributed by atoms with Gasteiger partial charge in [0.25, 0.3) is 0 Å². The summed E-state index contributed by atoms with van der Waals surface area (Å²) in [5, 5.41) is 8.54. The highest BCUT2D eigenvalue weighted by molar-refractivity contribution is 5.89. The Hall–Kier alpha value is -1.66. The minimum atomic E-state index is -0.427. The number of para-hydroxylation sites is 1. The van der Waals surface area contributed by atoms with E-state index in [1.54, 1.807) is 12.1 Å². The number of nitrogens with one attached hydrogen (secondary N) is 3. The molecule has 1 heterocycles. The summed E-state index contributed by atoms with van der Waals surface area (Å²) in [7, 11) is 0. The molecule has 0 aromatic heterocycles. The lowest BCUT2D eigenvalue weighted by molar-refractivity contribution is 0.234. The molecular weight excluding hydrogens is 259 g/mol. The molecule has 0 spiro atoms. The maximum Gasteiger partial charge on any atom is 0.319 e. The fourth-order valence-corrected chi connectivity index (χ4v) is 2.17. The standard InChI is InChI=1S/C14H21FN4O/c15-12-4-1-2-5-13(12)18-14(20)17-6-3-9-19-10-7-16-8-11-19/h1-2,4-5,16H,3,6-11H2,(H2,17,18,20). The molecule has 0 radical (unpaired) electrons. The maximum absolute atomic E-state index is 13.3. The van der Waals surface area contributed by atoms with Gasteiger partial charge in [0.1, 0.15) is 5.82 Å². The third-order valence-electron chi connectivity index (χ3n) is 3.27. The summed E-state index contributed by atoms with van der Waals surface area (Å²) in [5.74, 6) is -0.427. The molecule has 0 bridgehead atoms. The molecule has 0 saturated carbocycles. The maximum atomic E-state index is 13.3. The van der Waals surface area contributed by atoms with Crippen molar-refractivity contribution in [2.24, 2.45) is 0 Å². The molecule has 1 aromatic rings. The molecule has 0 unspecified atom stereocenters. The second kappa shape index (κ2) is 7.81. The van der Waals surface area contributed by atoms with Gasteiger partial charge in [-0.1, -0.05) is 12.1 Å². The molecule has 5 nitrogen and oxygen atoms in total. The van der Waals surface area contributed by atoms with Crippen LogP contribution in [0, 0.1) is 5.82 Å². The lowest BCUT2D eigenvalue weighted by Gasteiger charge is -2.27. The van der Waals surface area contributed by atoms with E-state index < -0.39 is 5.82 Å². The SMILES string of the molecule is O=C(NCCCN1CCNCC1)Nc1ccccc1F. The number of hydrogen-bond donors (Lipinski definition) is 3. The first-order chi connectivity index (χ1) is 9.75. The van der Waals surface area contributed by atoms with Gasteiger partial charge in [-0.3, -0.25) is 0 Å². The van der Waals surface area contributed by atoms with E-state index in [9.17, 15) is 9.18 Å². The van der Waals surface area contributed by atoms with Gasteiger partial charge in [-0.05, 0) is 25.1 Å². The Morgan fingerprint density at radius 1 is 1.30 bits per heavy atom. The number of rotatable bonds is 5. The molecule has 20 heavy (non-hydrogen) atoms. The first-order valence-corrected chi connectivity index (χ1v) is 6.98. The molecule has 3 N–H and O–H groups in total. The van der Waals surface area contributed by atoms with Crippen molar-refractivity contribution in [1.29, 1.82) is 0 Å². The van der Waals surface area contributed by atoms with E-state index in [4.69, 9.17) is 0 Å². The molecule has 6 heteroatoms. The Morgan fingerprint density at radius 3 is 2.80 bits per heavy atom. The van der Waals surface area contributed by atoms with Crippen LogP contribution in [-0.4, -0.2) is 50.2 Å². The first-order valence-electron chi connectivity index (χ1n) is 6.98. The topological polar surface area (TPSA) is 56.4 Å². The predicted molar refractivity (Wildman–Crippen MR) is 77.3 cm³/mol. The van der Waals surface area contributed by atoms with Crippen LogP contribution in [0.1, 0.15) is 6.42 Å². The van der Waals surface area contributed by atoms with E-state index >= 15 is 0 Å². The Bertz CT molecular complexity index is 435. The van der Waals surface area contributed by atoms with E-state index in [0.717, 1.165) is 39.1 Å². The molecule has 1 fully saturated rings. The second-order valence-electron chi connectivity index (χ2n) is 4.81. The van der Waals surface area contributed by atoms with Crippen molar-refractivity contribution < 1.29 is 9.18 Å². The summed E-state index contributed by atoms with van der Waals surface area (Å²) >= 11 is 0. The molecule has 1 aliphatic heterocycles. The summed E-state index contributed by atoms with van der Waals surface area (Å²) < 4.78 is 13.3. The summed E-state index contributed by atoms with van der Waals surface area (Å²) in [6.07, 6.45) is 0.894. The predicted octanol–water partition coefficient (Wildman–Crippen LogP) is 1.24. The van der Waals surface area contributed by atoms with Gasteiger partial charge >= 0.3 is 6.03 Å². The van der Waals surface area contributed by atoms with Gasteiger partial charge < -0.3 is 20.9 Å². The summed E-state index contributed by atoms with van der Waals surface area (Å²) in [5.41, 5.74) is 0.201. The molecule has 0 aliphatic carbocycles. The summed E-state index contributed by atoms with van der Waals surface area (Å²) in [4.78, 5) is 14.0. The van der Waals surface area contributed by atoms with Crippen molar-refractivity contribution in [3.05, 3.63) is 30.1 Å². The molecule has 110 valence electrons. The Balaban J connectivity index is 1.61. The molecule has 2 amide bonds. The number of carbonyl (C=O) groups is 1. The average Bonchev–Trinajstić information content (AvgIpc) is 2.47. The summed E-state index contributed by atoms with van der Waals surface area (Å²) in [6.45, 7) is 5.73. The smallest absolute Gasteiger partial charge is 0.319 e. The average molecular weight is 280 g/mol. The van der Waals surface area contributed by atoms with Crippen molar-refractivity contribution in [3.63, 3.8) is 0 Å². The van der Waals surface area contributed by atoms with Crippen molar-refractivity contribution in [2.75, 3.05) is 44.6 Å². The number of hydrogen-bond acceptors (Lipinski definition) is 3. The number of halogens is 1. The van der Waals surface area contributed by atoms with E-state index in [0.29, 0.717) is 6.54 Å². The fourth-order valence-electron chi connectivity index (χ4n) is 2.17. The van der Waals surface area contributed by atoms with E-state index in [1.165, 1.54) is 12.1 Å². The van der Waals surface area contributed by atoms with E-state index in [1.807, 2.05) is 0 Å². The highest BCUT2D eigenvalue weighted by atomic mass is 19.1. The van der Waals surface area contributed by atoms with Gasteiger partial charge in [0.2, 0.25) is 0 Å². The minimum absolute atomic E-state index is 0.201. The zero-order chi connectivity index (χ0) is 14.2. The van der Waals surface area contributed by atoms with Gasteiger partial charge in [-0.2, -0.15) is 0 Å². The Morgan fingerprint density at radius 2 is 2.05 bits per heavy atom. The van der Waals surface area contributed by atoms with Crippen LogP contribution in [0.2, 0.25) is 0 Å². The molecule has 1 aliphatic rings. The van der Waals surface area contributed by atoms with E-state index in [2.05, 4.69) is 20.9 Å². The molecule has 2 rings (SSSR count). The zero-order valence-corrected chi connectivity index (χ0v) is 11.5. The van der Waals surface area contributed by atoms with Crippen molar-refractivity contribution in [1.82, 2.24) is 15.5 Å². The highest BCUT2D eigenvalue weighted by Gasteiger charge is 2.09. The number of amides is 2. The van der Waals surface area contributed by atoms with Crippen LogP contribution in [0.3, 0.4) is 0 Å². The largest absolute Gasteiger partial charge is 0.338 e. The number of nitrogens with zero attached hydrogens (tertiary/aromatic N) is 1. The van der Waals surface area contributed by atoms with Gasteiger partial charge in [-0.15, -0.1) is 0 Å². The molecule has 0 atom stereocenters. The van der Waals surface area contributed by atoms with Gasteiger partial charge in [0.05, 0.1) is 5.69 Å². The Labute approximate surface area is 118 Å². The van der Waals surface area contributed by atoms with Gasteiger partial charge in [-0.25, -0.2) is 9.18 Å². The van der Waals surface area contributed by atoms with Crippen LogP contribution in [0.5, 0.6) is 0 Å². The lowest BCUT2D eigenvalue weighted by atomic mass is 10.3. The number of anilines is 1. The van der Waals surface area contributed by atoms with E-state index in [-0.39, 0.29) is 11.7 Å². The van der Waals surface area contributed by atoms with Crippen molar-refractivity contribution in [2.45, 2.75) is 6.42 Å². The van der Waals surface area contributed by atoms with Crippen LogP contribution in [0.4, 0.5) is 14.9 Å². The number of benzene rings is 1. The zero-order valence-electron chi connectivity index (χ0n) is 11.5. The Kier molecular flexibility index (Phi) is 5.76. The van der Waals surface area contributed by atoms with Crippen molar-refractivity contribution in [3.8, 4) is 0 Å². The molecule has 1 saturated heterocycles. The first kappa shape index (κ1) is 14.7. The highest BCUT2D eigenvalue weighted by Crippen LogP contribution is 2.11. The number of carbonyl (C=O) groups excluding carboxylic acids is 1. The minimum Gasteiger partial charge on any atom is -0.338 e. The quantitative estimate of drug-likeness (QED) is 0.711.